The fourth-order valence-electron chi connectivity index (χ4n) is 6.31. The molecule has 1 unspecified atom stereocenters. The van der Waals surface area contributed by atoms with Crippen molar-refractivity contribution in [3.8, 4) is 5.75 Å². The lowest BCUT2D eigenvalue weighted by atomic mass is 9.54. The van der Waals surface area contributed by atoms with Crippen LogP contribution in [-0.2, 0) is 14.4 Å². The van der Waals surface area contributed by atoms with Crippen molar-refractivity contribution in [1.82, 2.24) is 10.2 Å². The summed E-state index contributed by atoms with van der Waals surface area (Å²) in [6.45, 7) is 3.43. The molecule has 6 N–H and O–H groups in total. The zero-order valence-electron chi connectivity index (χ0n) is 21.6. The number of phenols is 1. The number of carbonyl (C=O) groups excluding carboxylic acids is 3. The van der Waals surface area contributed by atoms with Gasteiger partial charge in [0.05, 0.1) is 23.6 Å². The minimum atomic E-state index is -2.88. The summed E-state index contributed by atoms with van der Waals surface area (Å²) in [7, 11) is 3.02. The Balaban J connectivity index is 1.92. The molecule has 10 nitrogen and oxygen atoms in total. The second kappa shape index (κ2) is 10.1. The maximum absolute atomic E-state index is 14.0. The number of aromatic hydroxyl groups is 1. The largest absolute Gasteiger partial charge is 0.508 e. The summed E-state index contributed by atoms with van der Waals surface area (Å²) in [5, 5.41) is 59.8. The first-order valence-electron chi connectivity index (χ1n) is 12.5. The van der Waals surface area contributed by atoms with Gasteiger partial charge in [0.25, 0.3) is 5.91 Å². The highest BCUT2D eigenvalue weighted by molar-refractivity contribution is 9.09. The molecule has 11 heteroatoms. The zero-order valence-corrected chi connectivity index (χ0v) is 23.2. The van der Waals surface area contributed by atoms with Crippen molar-refractivity contribution in [2.75, 3.05) is 19.4 Å². The minimum Gasteiger partial charge on any atom is -0.508 e. The van der Waals surface area contributed by atoms with Crippen LogP contribution < -0.4 is 5.32 Å². The summed E-state index contributed by atoms with van der Waals surface area (Å²) < 4.78 is 0. The Morgan fingerprint density at radius 3 is 2.47 bits per heavy atom. The predicted molar refractivity (Wildman–Crippen MR) is 142 cm³/mol. The lowest BCUT2D eigenvalue weighted by molar-refractivity contribution is -0.169. The molecule has 0 saturated heterocycles. The molecule has 1 saturated carbocycles. The number of halogens is 1. The van der Waals surface area contributed by atoms with E-state index in [4.69, 9.17) is 0 Å². The lowest BCUT2D eigenvalue weighted by Crippen LogP contribution is -2.70. The third-order valence-corrected chi connectivity index (χ3v) is 8.68. The van der Waals surface area contributed by atoms with Gasteiger partial charge in [0.2, 0.25) is 5.78 Å². The number of hydrogen-bond donors (Lipinski definition) is 6. The van der Waals surface area contributed by atoms with E-state index in [0.29, 0.717) is 17.3 Å². The third kappa shape index (κ3) is 3.98. The van der Waals surface area contributed by atoms with Crippen molar-refractivity contribution < 1.29 is 39.9 Å². The number of carbonyl (C=O) groups is 3. The van der Waals surface area contributed by atoms with E-state index in [2.05, 4.69) is 21.2 Å². The Morgan fingerprint density at radius 1 is 1.21 bits per heavy atom. The molecule has 4 rings (SSSR count). The number of phenolic OH excluding ortho intramolecular Hbond substituents is 1. The van der Waals surface area contributed by atoms with E-state index in [-0.39, 0.29) is 22.9 Å². The number of nitrogens with one attached hydrogen (secondary N) is 1. The number of Topliss-reactive ketones (excluding diaryl/α,β-unsaturated/α-hetero) is 2. The van der Waals surface area contributed by atoms with Gasteiger partial charge in [0.1, 0.15) is 22.8 Å². The number of aliphatic hydroxyl groups excluding tert-OH is 3. The quantitative estimate of drug-likeness (QED) is 0.213. The van der Waals surface area contributed by atoms with Gasteiger partial charge in [0.15, 0.2) is 11.4 Å². The number of likely N-dealkylation sites (N-methyl/N-ethyl adjacent to an activating group) is 1. The summed E-state index contributed by atoms with van der Waals surface area (Å²) in [6.07, 6.45) is -0.274. The lowest BCUT2D eigenvalue weighted by Gasteiger charge is -2.53. The number of ketones is 2. The summed E-state index contributed by atoms with van der Waals surface area (Å²) in [5.74, 6) is -8.19. The monoisotopic (exact) mass is 592 g/mol. The Morgan fingerprint density at radius 2 is 1.87 bits per heavy atom. The molecule has 0 spiro atoms. The molecule has 1 aromatic rings. The minimum absolute atomic E-state index is 0.00746. The van der Waals surface area contributed by atoms with Crippen molar-refractivity contribution in [2.45, 2.75) is 56.4 Å². The molecule has 0 heterocycles. The maximum Gasteiger partial charge on any atom is 0.258 e. The Kier molecular flexibility index (Phi) is 7.52. The average Bonchev–Trinajstić information content (AvgIpc) is 2.84. The van der Waals surface area contributed by atoms with Gasteiger partial charge in [-0.3, -0.25) is 19.3 Å². The van der Waals surface area contributed by atoms with E-state index in [9.17, 15) is 39.9 Å². The topological polar surface area (TPSA) is 168 Å². The molecule has 0 bridgehead atoms. The normalized spacial score (nSPS) is 31.6. The standard InChI is InChI=1S/C27H33BrN2O8/c1-11(7-6-10-28)29-26(37)18-23(34)20(30(3)4)19-22(33)15-12(2)13-8-5-9-14(31)16(13)21(32)17(15)24(35)27(19,38)25(18)36/h5,8-9,11-12,15,19-20,22,31-33,36,38H,6-7,10H2,1-4H3,(H,29,37)/t11?,12-,15+,19+,20-,22-,27-/m0/s1. The van der Waals surface area contributed by atoms with Crippen LogP contribution in [0, 0.1) is 11.8 Å². The van der Waals surface area contributed by atoms with Crippen LogP contribution in [0.3, 0.4) is 0 Å². The SMILES string of the molecule is CC(CCCBr)NC(=O)C1=C(O)[C@@]2(O)C(=O)C3=C(O)c4c(O)cccc4[C@H](C)[C@H]3[C@H](O)[C@H]2[C@H](N(C)C)C1=O. The number of aliphatic hydroxyl groups is 4. The fourth-order valence-corrected chi connectivity index (χ4v) is 6.63. The molecule has 1 amide bonds. The number of benzene rings is 1. The first-order valence-corrected chi connectivity index (χ1v) is 13.6. The molecule has 1 aromatic carbocycles. The van der Waals surface area contributed by atoms with Gasteiger partial charge >= 0.3 is 0 Å². The molecule has 7 atom stereocenters. The van der Waals surface area contributed by atoms with E-state index in [1.165, 1.54) is 25.1 Å². The van der Waals surface area contributed by atoms with Crippen molar-refractivity contribution in [2.24, 2.45) is 11.8 Å². The number of nitrogens with zero attached hydrogens (tertiary/aromatic N) is 1. The van der Waals surface area contributed by atoms with Crippen LogP contribution in [-0.4, -0.2) is 91.1 Å². The summed E-state index contributed by atoms with van der Waals surface area (Å²) in [4.78, 5) is 42.3. The van der Waals surface area contributed by atoms with Gasteiger partial charge in [-0.1, -0.05) is 35.0 Å². The average molecular weight is 593 g/mol. The first kappa shape index (κ1) is 28.3. The van der Waals surface area contributed by atoms with E-state index in [1.54, 1.807) is 26.0 Å². The van der Waals surface area contributed by atoms with Gasteiger partial charge in [-0.2, -0.15) is 0 Å². The van der Waals surface area contributed by atoms with Crippen molar-refractivity contribution in [3.05, 3.63) is 46.2 Å². The molecule has 206 valence electrons. The second-order valence-corrected chi connectivity index (χ2v) is 11.4. The number of fused-ring (bicyclic) bond motifs is 3. The fraction of sp³-hybridized carbons (Fsp3) is 0.519. The van der Waals surface area contributed by atoms with Crippen LogP contribution in [0.2, 0.25) is 0 Å². The van der Waals surface area contributed by atoms with E-state index in [1.807, 2.05) is 0 Å². The van der Waals surface area contributed by atoms with Gasteiger partial charge in [0, 0.05) is 22.9 Å². The molecule has 0 aromatic heterocycles. The van der Waals surface area contributed by atoms with Crippen LogP contribution in [0.1, 0.15) is 43.7 Å². The highest BCUT2D eigenvalue weighted by Crippen LogP contribution is 2.56. The Labute approximate surface area is 228 Å². The molecule has 0 radical (unpaired) electrons. The zero-order chi connectivity index (χ0) is 28.3. The highest BCUT2D eigenvalue weighted by atomic mass is 79.9. The van der Waals surface area contributed by atoms with E-state index in [0.717, 1.165) is 6.42 Å². The molecule has 3 aliphatic rings. The number of rotatable bonds is 6. The van der Waals surface area contributed by atoms with Crippen LogP contribution in [0.25, 0.3) is 5.76 Å². The van der Waals surface area contributed by atoms with Gasteiger partial charge in [-0.15, -0.1) is 0 Å². The smallest absolute Gasteiger partial charge is 0.258 e. The number of alkyl halides is 1. The first-order chi connectivity index (χ1) is 17.8. The second-order valence-electron chi connectivity index (χ2n) is 10.6. The van der Waals surface area contributed by atoms with Gasteiger partial charge in [-0.05, 0) is 51.4 Å². The molecule has 0 aliphatic heterocycles. The van der Waals surface area contributed by atoms with Crippen LogP contribution >= 0.6 is 15.9 Å². The predicted octanol–water partition coefficient (Wildman–Crippen LogP) is 1.69. The number of amides is 1. The molecular weight excluding hydrogens is 560 g/mol. The summed E-state index contributed by atoms with van der Waals surface area (Å²) >= 11 is 3.32. The van der Waals surface area contributed by atoms with Crippen molar-refractivity contribution >= 4 is 39.2 Å². The van der Waals surface area contributed by atoms with Crippen molar-refractivity contribution in [1.29, 1.82) is 0 Å². The van der Waals surface area contributed by atoms with Crippen LogP contribution in [0.5, 0.6) is 5.75 Å². The molecular formula is C27H33BrN2O8. The Hall–Kier alpha value is -2.73. The van der Waals surface area contributed by atoms with E-state index >= 15 is 0 Å². The summed E-state index contributed by atoms with van der Waals surface area (Å²) in [5.41, 5.74) is -3.54. The number of hydrogen-bond acceptors (Lipinski definition) is 9. The van der Waals surface area contributed by atoms with Crippen LogP contribution in [0.15, 0.2) is 35.1 Å². The van der Waals surface area contributed by atoms with Gasteiger partial charge in [-0.25, -0.2) is 0 Å². The van der Waals surface area contributed by atoms with E-state index < -0.39 is 70.1 Å². The molecule has 3 aliphatic carbocycles. The van der Waals surface area contributed by atoms with Gasteiger partial charge < -0.3 is 30.8 Å². The molecule has 1 fully saturated rings. The highest BCUT2D eigenvalue weighted by Gasteiger charge is 2.68. The Bertz CT molecular complexity index is 1260. The van der Waals surface area contributed by atoms with Crippen molar-refractivity contribution in [3.63, 3.8) is 0 Å². The summed E-state index contributed by atoms with van der Waals surface area (Å²) in [6, 6.07) is 2.84. The maximum atomic E-state index is 14.0. The molecule has 38 heavy (non-hydrogen) atoms. The third-order valence-electron chi connectivity index (χ3n) is 8.12. The van der Waals surface area contributed by atoms with Crippen LogP contribution in [0.4, 0.5) is 0 Å².